The predicted octanol–water partition coefficient (Wildman–Crippen LogP) is 3.47. The van der Waals surface area contributed by atoms with Crippen LogP contribution in [0.1, 0.15) is 38.0 Å². The van der Waals surface area contributed by atoms with E-state index in [9.17, 15) is 0 Å². The zero-order valence-corrected chi connectivity index (χ0v) is 12.3. The Kier molecular flexibility index (Phi) is 5.67. The predicted molar refractivity (Wildman–Crippen MR) is 78.2 cm³/mol. The van der Waals surface area contributed by atoms with Crippen molar-refractivity contribution in [1.82, 2.24) is 5.32 Å². The first-order valence-electron chi connectivity index (χ1n) is 7.22. The molecule has 1 fully saturated rings. The number of hydrogen-bond donors (Lipinski definition) is 1. The van der Waals surface area contributed by atoms with Gasteiger partial charge in [-0.3, -0.25) is 0 Å². The number of nitrogens with one attached hydrogen (secondary N) is 1. The minimum atomic E-state index is 0.470. The Morgan fingerprint density at radius 3 is 3.06 bits per heavy atom. The molecule has 2 heterocycles. The Bertz CT molecular complexity index is 325. The van der Waals surface area contributed by atoms with E-state index in [1.54, 1.807) is 0 Å². The Balaban J connectivity index is 1.90. The number of rotatable bonds is 7. The fourth-order valence-corrected chi connectivity index (χ4v) is 3.75. The standard InChI is InChI=1S/C15H25NOS/c1-3-15-13(9-10-17-15)14(16-4-2)8-7-12-6-5-11-18-12/h5-6,11,13-16H,3-4,7-10H2,1-2H3. The van der Waals surface area contributed by atoms with Crippen molar-refractivity contribution in [3.8, 4) is 0 Å². The summed E-state index contributed by atoms with van der Waals surface area (Å²) in [5, 5.41) is 5.85. The van der Waals surface area contributed by atoms with Gasteiger partial charge in [-0.1, -0.05) is 19.9 Å². The molecular formula is C15H25NOS. The molecule has 0 bridgehead atoms. The highest BCUT2D eigenvalue weighted by Crippen LogP contribution is 2.29. The third-order valence-electron chi connectivity index (χ3n) is 3.93. The van der Waals surface area contributed by atoms with Gasteiger partial charge in [0.15, 0.2) is 0 Å². The van der Waals surface area contributed by atoms with Crippen molar-refractivity contribution in [1.29, 1.82) is 0 Å². The molecule has 0 saturated carbocycles. The van der Waals surface area contributed by atoms with E-state index >= 15 is 0 Å². The maximum absolute atomic E-state index is 5.84. The second-order valence-electron chi connectivity index (χ2n) is 5.05. The minimum Gasteiger partial charge on any atom is -0.378 e. The van der Waals surface area contributed by atoms with Crippen LogP contribution in [0.3, 0.4) is 0 Å². The average Bonchev–Trinajstić information content (AvgIpc) is 3.04. The molecule has 1 aliphatic heterocycles. The highest BCUT2D eigenvalue weighted by Gasteiger charge is 2.32. The fraction of sp³-hybridized carbons (Fsp3) is 0.733. The second kappa shape index (κ2) is 7.27. The summed E-state index contributed by atoms with van der Waals surface area (Å²) in [6.07, 6.45) is 5.27. The van der Waals surface area contributed by atoms with Crippen LogP contribution in [-0.2, 0) is 11.2 Å². The Morgan fingerprint density at radius 1 is 1.50 bits per heavy atom. The molecule has 1 aromatic rings. The van der Waals surface area contributed by atoms with E-state index in [0.717, 1.165) is 19.6 Å². The molecule has 1 aromatic heterocycles. The summed E-state index contributed by atoms with van der Waals surface area (Å²) in [5.41, 5.74) is 0. The molecule has 1 aliphatic rings. The van der Waals surface area contributed by atoms with E-state index < -0.39 is 0 Å². The zero-order valence-electron chi connectivity index (χ0n) is 11.5. The zero-order chi connectivity index (χ0) is 12.8. The lowest BCUT2D eigenvalue weighted by molar-refractivity contribution is 0.0767. The molecule has 0 amide bonds. The fourth-order valence-electron chi connectivity index (χ4n) is 3.03. The number of ether oxygens (including phenoxy) is 1. The van der Waals surface area contributed by atoms with E-state index in [2.05, 4.69) is 36.7 Å². The van der Waals surface area contributed by atoms with Gasteiger partial charge >= 0.3 is 0 Å². The summed E-state index contributed by atoms with van der Waals surface area (Å²) in [6.45, 7) is 6.45. The summed E-state index contributed by atoms with van der Waals surface area (Å²) < 4.78 is 5.84. The molecule has 18 heavy (non-hydrogen) atoms. The molecule has 2 nitrogen and oxygen atoms in total. The monoisotopic (exact) mass is 267 g/mol. The van der Waals surface area contributed by atoms with Crippen LogP contribution in [0.5, 0.6) is 0 Å². The maximum atomic E-state index is 5.84. The van der Waals surface area contributed by atoms with Crippen molar-refractivity contribution in [3.63, 3.8) is 0 Å². The van der Waals surface area contributed by atoms with Gasteiger partial charge < -0.3 is 10.1 Å². The van der Waals surface area contributed by atoms with Gasteiger partial charge in [0.05, 0.1) is 6.10 Å². The van der Waals surface area contributed by atoms with E-state index in [0.29, 0.717) is 18.1 Å². The Labute approximate surface area is 115 Å². The first kappa shape index (κ1) is 14.0. The molecule has 2 rings (SSSR count). The lowest BCUT2D eigenvalue weighted by atomic mass is 9.88. The average molecular weight is 267 g/mol. The van der Waals surface area contributed by atoms with Crippen LogP contribution in [0.25, 0.3) is 0 Å². The van der Waals surface area contributed by atoms with Crippen molar-refractivity contribution in [2.24, 2.45) is 5.92 Å². The third-order valence-corrected chi connectivity index (χ3v) is 4.86. The highest BCUT2D eigenvalue weighted by atomic mass is 32.1. The van der Waals surface area contributed by atoms with Crippen LogP contribution in [0.4, 0.5) is 0 Å². The molecular weight excluding hydrogens is 242 g/mol. The second-order valence-corrected chi connectivity index (χ2v) is 6.08. The van der Waals surface area contributed by atoms with E-state index in [4.69, 9.17) is 4.74 Å². The SMILES string of the molecule is CCNC(CCc1cccs1)C1CCOC1CC. The molecule has 3 unspecified atom stereocenters. The normalized spacial score (nSPS) is 25.4. The smallest absolute Gasteiger partial charge is 0.0616 e. The molecule has 3 atom stereocenters. The first-order valence-corrected chi connectivity index (χ1v) is 8.10. The van der Waals surface area contributed by atoms with Gasteiger partial charge in [0.2, 0.25) is 0 Å². The number of thiophene rings is 1. The van der Waals surface area contributed by atoms with Crippen molar-refractivity contribution in [2.45, 2.75) is 51.7 Å². The Hall–Kier alpha value is -0.380. The molecule has 102 valence electrons. The molecule has 0 aliphatic carbocycles. The topological polar surface area (TPSA) is 21.3 Å². The molecule has 0 aromatic carbocycles. The molecule has 0 spiro atoms. The number of hydrogen-bond acceptors (Lipinski definition) is 3. The lowest BCUT2D eigenvalue weighted by Crippen LogP contribution is -2.40. The van der Waals surface area contributed by atoms with Crippen LogP contribution in [0.15, 0.2) is 17.5 Å². The van der Waals surface area contributed by atoms with Crippen LogP contribution in [-0.4, -0.2) is 25.3 Å². The van der Waals surface area contributed by atoms with Crippen LogP contribution < -0.4 is 5.32 Å². The van der Waals surface area contributed by atoms with Crippen LogP contribution in [0.2, 0.25) is 0 Å². The molecule has 0 radical (unpaired) electrons. The maximum Gasteiger partial charge on any atom is 0.0616 e. The summed E-state index contributed by atoms with van der Waals surface area (Å²) in [7, 11) is 0. The van der Waals surface area contributed by atoms with Gasteiger partial charge in [0.25, 0.3) is 0 Å². The van der Waals surface area contributed by atoms with Crippen molar-refractivity contribution >= 4 is 11.3 Å². The Morgan fingerprint density at radius 2 is 2.39 bits per heavy atom. The van der Waals surface area contributed by atoms with Crippen LogP contribution in [0, 0.1) is 5.92 Å². The first-order chi connectivity index (χ1) is 8.85. The van der Waals surface area contributed by atoms with Crippen LogP contribution >= 0.6 is 11.3 Å². The summed E-state index contributed by atoms with van der Waals surface area (Å²) in [4.78, 5) is 1.50. The van der Waals surface area contributed by atoms with Gasteiger partial charge in [-0.15, -0.1) is 11.3 Å². The van der Waals surface area contributed by atoms with Gasteiger partial charge in [0, 0.05) is 23.4 Å². The van der Waals surface area contributed by atoms with Gasteiger partial charge in [-0.05, 0) is 43.7 Å². The van der Waals surface area contributed by atoms with Crippen molar-refractivity contribution in [3.05, 3.63) is 22.4 Å². The molecule has 3 heteroatoms. The van der Waals surface area contributed by atoms with Crippen molar-refractivity contribution in [2.75, 3.05) is 13.2 Å². The van der Waals surface area contributed by atoms with E-state index in [1.807, 2.05) is 11.3 Å². The van der Waals surface area contributed by atoms with E-state index in [-0.39, 0.29) is 0 Å². The lowest BCUT2D eigenvalue weighted by Gasteiger charge is -2.27. The highest BCUT2D eigenvalue weighted by molar-refractivity contribution is 7.09. The summed E-state index contributed by atoms with van der Waals surface area (Å²) in [5.74, 6) is 0.704. The van der Waals surface area contributed by atoms with Gasteiger partial charge in [-0.2, -0.15) is 0 Å². The molecule has 1 saturated heterocycles. The van der Waals surface area contributed by atoms with E-state index in [1.165, 1.54) is 24.1 Å². The van der Waals surface area contributed by atoms with Gasteiger partial charge in [-0.25, -0.2) is 0 Å². The molecule has 1 N–H and O–H groups in total. The number of aryl methyl sites for hydroxylation is 1. The third kappa shape index (κ3) is 3.56. The summed E-state index contributed by atoms with van der Waals surface area (Å²) >= 11 is 1.87. The van der Waals surface area contributed by atoms with Gasteiger partial charge in [0.1, 0.15) is 0 Å². The minimum absolute atomic E-state index is 0.470. The largest absolute Gasteiger partial charge is 0.378 e. The summed E-state index contributed by atoms with van der Waals surface area (Å²) in [6, 6.07) is 5.01. The quantitative estimate of drug-likeness (QED) is 0.816. The van der Waals surface area contributed by atoms with Crippen molar-refractivity contribution < 1.29 is 4.74 Å².